The van der Waals surface area contributed by atoms with Crippen molar-refractivity contribution in [2.45, 2.75) is 109 Å². The highest BCUT2D eigenvalue weighted by Gasteiger charge is 2.71. The van der Waals surface area contributed by atoms with Gasteiger partial charge < -0.3 is 10.2 Å². The molecule has 4 rings (SSSR count). The summed E-state index contributed by atoms with van der Waals surface area (Å²) in [5.74, 6) is -0.0816. The van der Waals surface area contributed by atoms with Gasteiger partial charge in [-0.25, -0.2) is 4.39 Å². The number of fused-ring (bicyclic) bond motifs is 5. The minimum absolute atomic E-state index is 0.0628. The van der Waals surface area contributed by atoms with Crippen LogP contribution in [0.2, 0.25) is 0 Å². The lowest BCUT2D eigenvalue weighted by Gasteiger charge is -2.53. The predicted molar refractivity (Wildman–Crippen MR) is 119 cm³/mol. The Kier molecular flexibility index (Phi) is 6.86. The Labute approximate surface area is 207 Å². The fourth-order valence-electron chi connectivity index (χ4n) is 8.04. The number of aliphatic hydroxyl groups excluding tert-OH is 1. The molecule has 36 heavy (non-hydrogen) atoms. The molecular formula is C27H35F7O2. The van der Waals surface area contributed by atoms with Crippen LogP contribution in [0.15, 0.2) is 22.6 Å². The Morgan fingerprint density at radius 2 is 1.58 bits per heavy atom. The molecule has 2 N–H and O–H groups in total. The summed E-state index contributed by atoms with van der Waals surface area (Å²) in [5, 5.41) is 19.5. The standard InChI is InChI=1S/C27H35F7O2/c1-15(12-17(28)14-25(36,26(29,30)31)27(32,33)34)20-6-7-21-19-5-4-16-13-18(35)8-10-23(16,2)22(19)9-11-24(20,21)3/h15,17-18,20-22,35-36H,6-14H2,1-3H3/t15?,17-,18-,20?,21?,22?,23?,24?/m0/s1. The van der Waals surface area contributed by atoms with E-state index >= 15 is 0 Å². The van der Waals surface area contributed by atoms with Gasteiger partial charge in [-0.05, 0) is 85.2 Å². The van der Waals surface area contributed by atoms with Gasteiger partial charge in [0.15, 0.2) is 0 Å². The minimum atomic E-state index is -6.01. The van der Waals surface area contributed by atoms with E-state index in [2.05, 4.69) is 25.3 Å². The number of hydrogen-bond acceptors (Lipinski definition) is 2. The summed E-state index contributed by atoms with van der Waals surface area (Å²) in [6.45, 7) is 6.03. The first-order chi connectivity index (χ1) is 16.4. The minimum Gasteiger partial charge on any atom is -0.393 e. The van der Waals surface area contributed by atoms with Crippen molar-refractivity contribution in [3.63, 3.8) is 0 Å². The van der Waals surface area contributed by atoms with Crippen molar-refractivity contribution < 1.29 is 40.9 Å². The first-order valence-electron chi connectivity index (χ1n) is 12.9. The van der Waals surface area contributed by atoms with Gasteiger partial charge in [0.2, 0.25) is 0 Å². The van der Waals surface area contributed by atoms with Crippen LogP contribution in [0, 0.1) is 34.5 Å². The van der Waals surface area contributed by atoms with E-state index in [1.165, 1.54) is 5.57 Å². The fraction of sp³-hybridized carbons (Fsp3) is 0.852. The Hall–Kier alpha value is -1.27. The molecular weight excluding hydrogens is 489 g/mol. The van der Waals surface area contributed by atoms with E-state index in [4.69, 9.17) is 0 Å². The van der Waals surface area contributed by atoms with Gasteiger partial charge in [-0.15, -0.1) is 0 Å². The number of alkyl halides is 7. The maximum Gasteiger partial charge on any atom is 0.426 e. The molecule has 0 aliphatic heterocycles. The van der Waals surface area contributed by atoms with Crippen LogP contribution in [-0.4, -0.2) is 40.4 Å². The molecule has 4 aliphatic rings. The van der Waals surface area contributed by atoms with Gasteiger partial charge in [0.1, 0.15) is 6.17 Å². The molecule has 0 aromatic rings. The summed E-state index contributed by atoms with van der Waals surface area (Å²) in [6, 6.07) is 0. The number of hydrogen-bond donors (Lipinski definition) is 2. The molecule has 0 aromatic carbocycles. The number of allylic oxidation sites excluding steroid dienone is 1. The van der Waals surface area contributed by atoms with Crippen LogP contribution in [0.3, 0.4) is 0 Å². The summed E-state index contributed by atoms with van der Waals surface area (Å²) in [7, 11) is 0. The van der Waals surface area contributed by atoms with Crippen molar-refractivity contribution in [3.8, 4) is 0 Å². The Balaban J connectivity index is 1.52. The molecule has 0 bridgehead atoms. The number of rotatable bonds is 5. The Morgan fingerprint density at radius 3 is 2.19 bits per heavy atom. The molecule has 8 atom stereocenters. The van der Waals surface area contributed by atoms with Gasteiger partial charge in [-0.1, -0.05) is 32.2 Å². The molecule has 0 heterocycles. The molecule has 9 heteroatoms. The second kappa shape index (κ2) is 8.90. The zero-order valence-corrected chi connectivity index (χ0v) is 20.9. The van der Waals surface area contributed by atoms with Crippen molar-refractivity contribution >= 4 is 0 Å². The summed E-state index contributed by atoms with van der Waals surface area (Å²) in [6.07, 6.45) is -12.0. The van der Waals surface area contributed by atoms with Crippen LogP contribution in [0.5, 0.6) is 0 Å². The lowest BCUT2D eigenvalue weighted by Crippen LogP contribution is -2.58. The maximum atomic E-state index is 14.7. The smallest absolute Gasteiger partial charge is 0.393 e. The molecule has 4 aliphatic carbocycles. The lowest BCUT2D eigenvalue weighted by atomic mass is 9.50. The molecule has 0 radical (unpaired) electrons. The topological polar surface area (TPSA) is 40.5 Å². The second-order valence-electron chi connectivity index (χ2n) is 12.2. The average molecular weight is 525 g/mol. The molecule has 0 amide bonds. The van der Waals surface area contributed by atoms with Crippen molar-refractivity contribution in [2.75, 3.05) is 0 Å². The quantitative estimate of drug-likeness (QED) is 0.295. The third-order valence-electron chi connectivity index (χ3n) is 10.2. The Bertz CT molecular complexity index is 958. The van der Waals surface area contributed by atoms with Gasteiger partial charge in [-0.2, -0.15) is 26.3 Å². The molecule has 3 fully saturated rings. The summed E-state index contributed by atoms with van der Waals surface area (Å²) in [4.78, 5) is 0. The van der Waals surface area contributed by atoms with Crippen LogP contribution in [0.4, 0.5) is 30.7 Å². The van der Waals surface area contributed by atoms with E-state index in [1.54, 1.807) is 6.92 Å². The Morgan fingerprint density at radius 1 is 0.944 bits per heavy atom. The van der Waals surface area contributed by atoms with Crippen molar-refractivity contribution in [1.82, 2.24) is 0 Å². The molecule has 2 nitrogen and oxygen atoms in total. The summed E-state index contributed by atoms with van der Waals surface area (Å²) in [5.41, 5.74) is 3.58. The SMILES string of the molecule is CC(C[C@H](F)CC(O)(C(F)(F)F)C(F)(F)F)C1CCC2C3=C=C=C4C[C@@H](O)CCC4(C)C3CCC21C. The molecule has 204 valence electrons. The van der Waals surface area contributed by atoms with Gasteiger partial charge in [0.25, 0.3) is 5.60 Å². The molecule has 0 spiro atoms. The normalized spacial score (nSPS) is 38.4. The van der Waals surface area contributed by atoms with Crippen LogP contribution >= 0.6 is 0 Å². The van der Waals surface area contributed by atoms with Crippen LogP contribution in [0.1, 0.15) is 78.6 Å². The van der Waals surface area contributed by atoms with Crippen LogP contribution in [-0.2, 0) is 0 Å². The largest absolute Gasteiger partial charge is 0.426 e. The zero-order valence-electron chi connectivity index (χ0n) is 20.9. The van der Waals surface area contributed by atoms with Gasteiger partial charge in [-0.3, -0.25) is 0 Å². The third kappa shape index (κ3) is 4.28. The van der Waals surface area contributed by atoms with Crippen molar-refractivity contribution in [1.29, 1.82) is 0 Å². The van der Waals surface area contributed by atoms with E-state index in [1.807, 2.05) is 0 Å². The maximum absolute atomic E-state index is 14.7. The van der Waals surface area contributed by atoms with Crippen LogP contribution < -0.4 is 0 Å². The summed E-state index contributed by atoms with van der Waals surface area (Å²) < 4.78 is 93.0. The van der Waals surface area contributed by atoms with Crippen molar-refractivity contribution in [3.05, 3.63) is 22.6 Å². The molecule has 3 saturated carbocycles. The predicted octanol–water partition coefficient (Wildman–Crippen LogP) is 7.21. The lowest BCUT2D eigenvalue weighted by molar-refractivity contribution is -0.372. The van der Waals surface area contributed by atoms with E-state index < -0.39 is 42.9 Å². The first kappa shape index (κ1) is 27.8. The van der Waals surface area contributed by atoms with E-state index in [-0.39, 0.29) is 34.7 Å². The monoisotopic (exact) mass is 524 g/mol. The van der Waals surface area contributed by atoms with Crippen LogP contribution in [0.25, 0.3) is 0 Å². The van der Waals surface area contributed by atoms with Gasteiger partial charge in [0, 0.05) is 18.3 Å². The van der Waals surface area contributed by atoms with E-state index in [0.717, 1.165) is 37.7 Å². The van der Waals surface area contributed by atoms with Gasteiger partial charge in [0.05, 0.1) is 6.10 Å². The number of halogens is 7. The molecule has 0 saturated heterocycles. The van der Waals surface area contributed by atoms with E-state index in [9.17, 15) is 40.9 Å². The highest BCUT2D eigenvalue weighted by atomic mass is 19.4. The van der Waals surface area contributed by atoms with Crippen molar-refractivity contribution in [2.24, 2.45) is 34.5 Å². The molecule has 6 unspecified atom stereocenters. The first-order valence-corrected chi connectivity index (χ1v) is 12.9. The summed E-state index contributed by atoms with van der Waals surface area (Å²) >= 11 is 0. The third-order valence-corrected chi connectivity index (χ3v) is 10.2. The molecule has 0 aromatic heterocycles. The second-order valence-corrected chi connectivity index (χ2v) is 12.2. The van der Waals surface area contributed by atoms with Gasteiger partial charge >= 0.3 is 12.4 Å². The average Bonchev–Trinajstić information content (AvgIpc) is 3.10. The van der Waals surface area contributed by atoms with E-state index in [0.29, 0.717) is 12.8 Å². The highest BCUT2D eigenvalue weighted by Crippen LogP contribution is 2.65. The number of aliphatic hydroxyl groups is 2. The fourth-order valence-corrected chi connectivity index (χ4v) is 8.04. The highest BCUT2D eigenvalue weighted by molar-refractivity contribution is 5.33. The zero-order chi connectivity index (χ0) is 26.9.